The minimum absolute atomic E-state index is 0.865. The third-order valence-electron chi connectivity index (χ3n) is 5.72. The fourth-order valence-corrected chi connectivity index (χ4v) is 4.02. The van der Waals surface area contributed by atoms with Crippen molar-refractivity contribution in [3.63, 3.8) is 0 Å². The third kappa shape index (κ3) is 4.57. The molecule has 3 unspecified atom stereocenters. The van der Waals surface area contributed by atoms with Crippen LogP contribution in [0.4, 0.5) is 0 Å². The Labute approximate surface area is 130 Å². The molecular weight excluding hydrogens is 254 g/mol. The maximum atomic E-state index is 3.79. The molecule has 0 radical (unpaired) electrons. The first-order valence-electron chi connectivity index (χ1n) is 9.12. The van der Waals surface area contributed by atoms with Gasteiger partial charge >= 0.3 is 0 Å². The molecule has 2 aliphatic carbocycles. The topological polar surface area (TPSA) is 12.0 Å². The van der Waals surface area contributed by atoms with Crippen molar-refractivity contribution in [3.8, 4) is 0 Å². The van der Waals surface area contributed by atoms with E-state index < -0.39 is 0 Å². The molecule has 1 N–H and O–H groups in total. The smallest absolute Gasteiger partial charge is 0.00683 e. The molecular formula is C20H31N. The van der Waals surface area contributed by atoms with Gasteiger partial charge in [-0.2, -0.15) is 0 Å². The zero-order valence-electron chi connectivity index (χ0n) is 13.6. The maximum Gasteiger partial charge on any atom is 0.00683 e. The molecule has 1 aromatic rings. The highest BCUT2D eigenvalue weighted by Crippen LogP contribution is 2.38. The Hall–Kier alpha value is -0.820. The molecule has 1 nitrogen and oxygen atoms in total. The lowest BCUT2D eigenvalue weighted by Gasteiger charge is -2.36. The molecule has 1 aromatic carbocycles. The van der Waals surface area contributed by atoms with Crippen LogP contribution in [0.2, 0.25) is 0 Å². The van der Waals surface area contributed by atoms with Crippen molar-refractivity contribution in [2.75, 3.05) is 6.54 Å². The monoisotopic (exact) mass is 285 g/mol. The molecule has 0 saturated heterocycles. The van der Waals surface area contributed by atoms with Gasteiger partial charge in [0.05, 0.1) is 0 Å². The Bertz CT molecular complexity index is 409. The highest BCUT2D eigenvalue weighted by Gasteiger charge is 2.31. The molecule has 2 aliphatic rings. The van der Waals surface area contributed by atoms with Crippen molar-refractivity contribution < 1.29 is 0 Å². The van der Waals surface area contributed by atoms with Crippen molar-refractivity contribution in [3.05, 3.63) is 35.9 Å². The van der Waals surface area contributed by atoms with E-state index in [0.29, 0.717) is 0 Å². The Balaban J connectivity index is 1.53. The van der Waals surface area contributed by atoms with Crippen LogP contribution in [0.25, 0.3) is 0 Å². The van der Waals surface area contributed by atoms with Crippen LogP contribution in [0, 0.1) is 17.8 Å². The number of aryl methyl sites for hydroxylation is 1. The second-order valence-corrected chi connectivity index (χ2v) is 7.31. The van der Waals surface area contributed by atoms with Gasteiger partial charge in [-0.3, -0.25) is 0 Å². The van der Waals surface area contributed by atoms with Crippen LogP contribution >= 0.6 is 0 Å². The Morgan fingerprint density at radius 3 is 2.52 bits per heavy atom. The zero-order valence-corrected chi connectivity index (χ0v) is 13.6. The van der Waals surface area contributed by atoms with Crippen molar-refractivity contribution in [2.45, 2.75) is 64.3 Å². The van der Waals surface area contributed by atoms with Crippen LogP contribution in [-0.2, 0) is 6.42 Å². The highest BCUT2D eigenvalue weighted by molar-refractivity contribution is 5.14. The third-order valence-corrected chi connectivity index (χ3v) is 5.72. The molecule has 0 aromatic heterocycles. The lowest BCUT2D eigenvalue weighted by atomic mass is 9.71. The van der Waals surface area contributed by atoms with Gasteiger partial charge in [0.25, 0.3) is 0 Å². The van der Waals surface area contributed by atoms with Crippen molar-refractivity contribution >= 4 is 0 Å². The van der Waals surface area contributed by atoms with Crippen LogP contribution in [0.15, 0.2) is 30.3 Å². The quantitative estimate of drug-likeness (QED) is 0.758. The van der Waals surface area contributed by atoms with Gasteiger partial charge in [0.2, 0.25) is 0 Å². The standard InChI is InChI=1S/C20H31N/c1-2-16-8-11-19(15-21-20-12-13-20)18(14-16)10-9-17-6-4-3-5-7-17/h3-7,16,18-21H,2,8-15H2,1H3. The zero-order chi connectivity index (χ0) is 14.5. The fraction of sp³-hybridized carbons (Fsp3) is 0.700. The second-order valence-electron chi connectivity index (χ2n) is 7.31. The number of hydrogen-bond acceptors (Lipinski definition) is 1. The van der Waals surface area contributed by atoms with Crippen molar-refractivity contribution in [1.29, 1.82) is 0 Å². The number of nitrogens with one attached hydrogen (secondary N) is 1. The summed E-state index contributed by atoms with van der Waals surface area (Å²) < 4.78 is 0. The first kappa shape index (κ1) is 15.1. The van der Waals surface area contributed by atoms with Crippen molar-refractivity contribution in [1.82, 2.24) is 5.32 Å². The normalized spacial score (nSPS) is 29.5. The van der Waals surface area contributed by atoms with Gasteiger partial charge in [0, 0.05) is 6.04 Å². The number of rotatable bonds is 7. The fourth-order valence-electron chi connectivity index (χ4n) is 4.02. The van der Waals surface area contributed by atoms with Crippen LogP contribution in [0.5, 0.6) is 0 Å². The molecule has 0 heterocycles. The van der Waals surface area contributed by atoms with Gasteiger partial charge in [-0.1, -0.05) is 50.1 Å². The summed E-state index contributed by atoms with van der Waals surface area (Å²) in [6.07, 6.45) is 11.3. The molecule has 3 atom stereocenters. The van der Waals surface area contributed by atoms with E-state index in [1.54, 1.807) is 0 Å². The molecule has 2 saturated carbocycles. The van der Waals surface area contributed by atoms with Gasteiger partial charge < -0.3 is 5.32 Å². The van der Waals surface area contributed by atoms with Gasteiger partial charge in [0.1, 0.15) is 0 Å². The van der Waals surface area contributed by atoms with Crippen molar-refractivity contribution in [2.24, 2.45) is 17.8 Å². The Kier molecular flexibility index (Phi) is 5.35. The summed E-state index contributed by atoms with van der Waals surface area (Å²) in [7, 11) is 0. The first-order chi connectivity index (χ1) is 10.3. The van der Waals surface area contributed by atoms with Gasteiger partial charge in [0.15, 0.2) is 0 Å². The average molecular weight is 285 g/mol. The molecule has 0 bridgehead atoms. The first-order valence-corrected chi connectivity index (χ1v) is 9.12. The van der Waals surface area contributed by atoms with Crippen LogP contribution in [0.3, 0.4) is 0 Å². The minimum atomic E-state index is 0.865. The van der Waals surface area contributed by atoms with E-state index >= 15 is 0 Å². The summed E-state index contributed by atoms with van der Waals surface area (Å²) in [5.74, 6) is 2.86. The summed E-state index contributed by atoms with van der Waals surface area (Å²) in [5.41, 5.74) is 1.52. The Morgan fingerprint density at radius 2 is 1.81 bits per heavy atom. The second kappa shape index (κ2) is 7.45. The molecule has 0 spiro atoms. The molecule has 1 heteroatoms. The van der Waals surface area contributed by atoms with Gasteiger partial charge in [-0.15, -0.1) is 0 Å². The van der Waals surface area contributed by atoms with Crippen LogP contribution in [0.1, 0.15) is 57.4 Å². The number of benzene rings is 1. The summed E-state index contributed by atoms with van der Waals surface area (Å²) in [6, 6.07) is 11.9. The van der Waals surface area contributed by atoms with E-state index in [0.717, 1.165) is 23.8 Å². The van der Waals surface area contributed by atoms with E-state index in [1.165, 1.54) is 63.5 Å². The molecule has 2 fully saturated rings. The van der Waals surface area contributed by atoms with E-state index in [-0.39, 0.29) is 0 Å². The Morgan fingerprint density at radius 1 is 1.00 bits per heavy atom. The lowest BCUT2D eigenvalue weighted by Crippen LogP contribution is -2.34. The van der Waals surface area contributed by atoms with E-state index in [4.69, 9.17) is 0 Å². The van der Waals surface area contributed by atoms with Crippen LogP contribution < -0.4 is 5.32 Å². The molecule has 0 amide bonds. The maximum absolute atomic E-state index is 3.79. The molecule has 3 rings (SSSR count). The van der Waals surface area contributed by atoms with E-state index in [9.17, 15) is 0 Å². The highest BCUT2D eigenvalue weighted by atomic mass is 14.9. The summed E-state index contributed by atoms with van der Waals surface area (Å²) in [6.45, 7) is 3.66. The van der Waals surface area contributed by atoms with E-state index in [2.05, 4.69) is 42.6 Å². The number of hydrogen-bond donors (Lipinski definition) is 1. The van der Waals surface area contributed by atoms with E-state index in [1.807, 2.05) is 0 Å². The summed E-state index contributed by atoms with van der Waals surface area (Å²) >= 11 is 0. The van der Waals surface area contributed by atoms with Gasteiger partial charge in [-0.05, 0) is 68.4 Å². The molecule has 21 heavy (non-hydrogen) atoms. The average Bonchev–Trinajstić information content (AvgIpc) is 3.36. The van der Waals surface area contributed by atoms with Gasteiger partial charge in [-0.25, -0.2) is 0 Å². The minimum Gasteiger partial charge on any atom is -0.314 e. The predicted octanol–water partition coefficient (Wildman–Crippen LogP) is 4.81. The van der Waals surface area contributed by atoms with Crippen LogP contribution in [-0.4, -0.2) is 12.6 Å². The molecule has 116 valence electrons. The largest absolute Gasteiger partial charge is 0.314 e. The summed E-state index contributed by atoms with van der Waals surface area (Å²) in [5, 5.41) is 3.79. The predicted molar refractivity (Wildman–Crippen MR) is 90.4 cm³/mol. The SMILES string of the molecule is CCC1CCC(CNC2CC2)C(CCc2ccccc2)C1. The summed E-state index contributed by atoms with van der Waals surface area (Å²) in [4.78, 5) is 0. The lowest BCUT2D eigenvalue weighted by molar-refractivity contribution is 0.163. The molecule has 0 aliphatic heterocycles.